The molecular weight excluding hydrogens is 494 g/mol. The van der Waals surface area contributed by atoms with Crippen molar-refractivity contribution in [3.8, 4) is 16.9 Å². The van der Waals surface area contributed by atoms with E-state index in [2.05, 4.69) is 42.3 Å². The van der Waals surface area contributed by atoms with Gasteiger partial charge in [0.25, 0.3) is 0 Å². The summed E-state index contributed by atoms with van der Waals surface area (Å²) >= 11 is 0. The Hall–Kier alpha value is -4.94. The van der Waals surface area contributed by atoms with E-state index in [4.69, 9.17) is 0 Å². The minimum atomic E-state index is -3.20. The van der Waals surface area contributed by atoms with E-state index in [0.29, 0.717) is 5.69 Å². The number of amides is 1. The second-order valence-electron chi connectivity index (χ2n) is 7.52. The van der Waals surface area contributed by atoms with E-state index in [1.807, 2.05) is 0 Å². The maximum Gasteiger partial charge on any atom is 0.387 e. The van der Waals surface area contributed by atoms with Gasteiger partial charge in [-0.25, -0.2) is 13.8 Å². The number of carbonyl (C=O) groups is 1. The quantitative estimate of drug-likeness (QED) is 0.204. The molecule has 0 bridgehead atoms. The average Bonchev–Trinajstić information content (AvgIpc) is 3.26. The van der Waals surface area contributed by atoms with Crippen molar-refractivity contribution in [3.63, 3.8) is 0 Å². The third kappa shape index (κ3) is 6.20. The summed E-state index contributed by atoms with van der Waals surface area (Å²) in [7, 11) is 1.72. The minimum Gasteiger partial charge on any atom is -0.432 e. The van der Waals surface area contributed by atoms with Crippen LogP contribution in [-0.4, -0.2) is 32.3 Å². The second-order valence-corrected chi connectivity index (χ2v) is 7.52. The molecule has 9 nitrogen and oxygen atoms in total. The minimum absolute atomic E-state index is 0.0504. The van der Waals surface area contributed by atoms with Gasteiger partial charge in [-0.1, -0.05) is 12.6 Å². The van der Waals surface area contributed by atoms with E-state index >= 15 is 0 Å². The Balaban J connectivity index is 1.74. The van der Waals surface area contributed by atoms with Crippen molar-refractivity contribution in [1.29, 1.82) is 0 Å². The van der Waals surface area contributed by atoms with Crippen LogP contribution in [0.5, 0.6) is 5.75 Å². The van der Waals surface area contributed by atoms with Crippen LogP contribution in [0.2, 0.25) is 0 Å². The summed E-state index contributed by atoms with van der Waals surface area (Å²) in [6.07, 6.45) is 5.61. The van der Waals surface area contributed by atoms with Gasteiger partial charge < -0.3 is 20.7 Å². The average molecular weight is 513 g/mol. The number of benzene rings is 2. The number of hydrogen-bond acceptors (Lipinski definition) is 7. The van der Waals surface area contributed by atoms with Crippen LogP contribution >= 0.6 is 0 Å². The van der Waals surface area contributed by atoms with E-state index < -0.39 is 29.9 Å². The van der Waals surface area contributed by atoms with Crippen LogP contribution in [0.15, 0.2) is 67.6 Å². The Morgan fingerprint density at radius 1 is 1.08 bits per heavy atom. The van der Waals surface area contributed by atoms with Crippen molar-refractivity contribution in [2.45, 2.75) is 6.61 Å². The van der Waals surface area contributed by atoms with E-state index in [-0.39, 0.29) is 34.3 Å². The largest absolute Gasteiger partial charge is 0.432 e. The molecule has 2 aromatic carbocycles. The lowest BCUT2D eigenvalue weighted by Gasteiger charge is -2.15. The van der Waals surface area contributed by atoms with Gasteiger partial charge in [0.1, 0.15) is 11.6 Å². The van der Waals surface area contributed by atoms with E-state index in [9.17, 15) is 22.4 Å². The SMILES string of the molecule is C=CC(=O)Nc1ccc(F)c(Nc2nc(Nc3cnn(C)c3)ncc2-c2ccc(OC(F)F)c(F)c2)c1. The number of aryl methyl sites for hydroxylation is 1. The molecule has 3 N–H and O–H groups in total. The fourth-order valence-electron chi connectivity index (χ4n) is 3.24. The van der Waals surface area contributed by atoms with Gasteiger partial charge >= 0.3 is 6.61 Å². The fourth-order valence-corrected chi connectivity index (χ4v) is 3.24. The molecule has 0 fully saturated rings. The van der Waals surface area contributed by atoms with Crippen molar-refractivity contribution in [1.82, 2.24) is 19.7 Å². The number of rotatable bonds is 9. The molecule has 0 saturated heterocycles. The summed E-state index contributed by atoms with van der Waals surface area (Å²) in [6.45, 7) is 0.173. The summed E-state index contributed by atoms with van der Waals surface area (Å²) in [5.74, 6) is -2.69. The number of alkyl halides is 2. The molecule has 4 rings (SSSR count). The van der Waals surface area contributed by atoms with Crippen LogP contribution in [0.1, 0.15) is 0 Å². The summed E-state index contributed by atoms with van der Waals surface area (Å²) in [6, 6.07) is 7.15. The summed E-state index contributed by atoms with van der Waals surface area (Å²) in [4.78, 5) is 20.3. The van der Waals surface area contributed by atoms with Crippen LogP contribution in [0.3, 0.4) is 0 Å². The predicted octanol–water partition coefficient (Wildman–Crippen LogP) is 5.37. The lowest BCUT2D eigenvalue weighted by atomic mass is 10.1. The van der Waals surface area contributed by atoms with Crippen LogP contribution in [0, 0.1) is 11.6 Å². The van der Waals surface area contributed by atoms with E-state index in [0.717, 1.165) is 24.3 Å². The Labute approximate surface area is 207 Å². The second kappa shape index (κ2) is 10.8. The third-order valence-electron chi connectivity index (χ3n) is 4.88. The maximum atomic E-state index is 14.7. The van der Waals surface area contributed by atoms with Crippen LogP contribution in [0.4, 0.5) is 46.4 Å². The predicted molar refractivity (Wildman–Crippen MR) is 129 cm³/mol. The summed E-state index contributed by atoms with van der Waals surface area (Å²) in [5, 5.41) is 12.3. The Bertz CT molecular complexity index is 1460. The van der Waals surface area contributed by atoms with Gasteiger partial charge in [0.15, 0.2) is 11.6 Å². The van der Waals surface area contributed by atoms with Gasteiger partial charge in [-0.05, 0) is 42.0 Å². The van der Waals surface area contributed by atoms with Gasteiger partial charge in [-0.15, -0.1) is 0 Å². The first-order valence-corrected chi connectivity index (χ1v) is 10.6. The molecule has 0 saturated carbocycles. The first-order valence-electron chi connectivity index (χ1n) is 10.6. The number of halogens is 4. The smallest absolute Gasteiger partial charge is 0.387 e. The Morgan fingerprint density at radius 3 is 2.57 bits per heavy atom. The van der Waals surface area contributed by atoms with Crippen LogP contribution < -0.4 is 20.7 Å². The van der Waals surface area contributed by atoms with Crippen molar-refractivity contribution < 1.29 is 27.1 Å². The van der Waals surface area contributed by atoms with Gasteiger partial charge in [-0.3, -0.25) is 9.48 Å². The molecular formula is C24H19F4N7O2. The fraction of sp³-hybridized carbons (Fsp3) is 0.0833. The maximum absolute atomic E-state index is 14.7. The van der Waals surface area contributed by atoms with Gasteiger partial charge in [-0.2, -0.15) is 18.9 Å². The standard InChI is InChI=1S/C24H19F4N7O2/c1-3-21(36)31-14-5-6-17(25)19(9-14)33-22-16(13-4-7-20(18(26)8-13)37-23(27)28)11-29-24(34-22)32-15-10-30-35(2)12-15/h3-12,23H,1H2,2H3,(H,31,36)(H2,29,32,33,34). The van der Waals surface area contributed by atoms with Crippen molar-refractivity contribution in [3.05, 3.63) is 79.3 Å². The number of anilines is 5. The highest BCUT2D eigenvalue weighted by molar-refractivity contribution is 5.99. The van der Waals surface area contributed by atoms with E-state index in [1.165, 1.54) is 30.6 Å². The monoisotopic (exact) mass is 513 g/mol. The summed E-state index contributed by atoms with van der Waals surface area (Å²) < 4.78 is 59.9. The van der Waals surface area contributed by atoms with Gasteiger partial charge in [0, 0.05) is 30.7 Å². The number of carbonyl (C=O) groups excluding carboxylic acids is 1. The van der Waals surface area contributed by atoms with Crippen molar-refractivity contribution in [2.24, 2.45) is 7.05 Å². The zero-order valence-corrected chi connectivity index (χ0v) is 19.2. The molecule has 0 aliphatic rings. The first-order chi connectivity index (χ1) is 17.7. The number of nitrogens with zero attached hydrogens (tertiary/aromatic N) is 4. The molecule has 4 aromatic rings. The first kappa shape index (κ1) is 25.2. The number of nitrogens with one attached hydrogen (secondary N) is 3. The van der Waals surface area contributed by atoms with Crippen molar-refractivity contribution in [2.75, 3.05) is 16.0 Å². The molecule has 13 heteroatoms. The number of hydrogen-bond donors (Lipinski definition) is 3. The van der Waals surface area contributed by atoms with Gasteiger partial charge in [0.05, 0.1) is 17.6 Å². The molecule has 0 atom stereocenters. The molecule has 1 amide bonds. The highest BCUT2D eigenvalue weighted by Crippen LogP contribution is 2.34. The Morgan fingerprint density at radius 2 is 1.89 bits per heavy atom. The molecule has 37 heavy (non-hydrogen) atoms. The Kier molecular flexibility index (Phi) is 7.32. The molecule has 0 unspecified atom stereocenters. The molecule has 190 valence electrons. The molecule has 2 aromatic heterocycles. The topological polar surface area (TPSA) is 106 Å². The molecule has 0 aliphatic heterocycles. The zero-order valence-electron chi connectivity index (χ0n) is 19.2. The van der Waals surface area contributed by atoms with E-state index in [1.54, 1.807) is 17.9 Å². The zero-order chi connectivity index (χ0) is 26.5. The lowest BCUT2D eigenvalue weighted by molar-refractivity contribution is -0.111. The molecule has 2 heterocycles. The third-order valence-corrected chi connectivity index (χ3v) is 4.88. The highest BCUT2D eigenvalue weighted by atomic mass is 19.3. The molecule has 0 radical (unpaired) electrons. The van der Waals surface area contributed by atoms with Gasteiger partial charge in [0.2, 0.25) is 11.9 Å². The number of ether oxygens (including phenoxy) is 1. The molecule has 0 spiro atoms. The van der Waals surface area contributed by atoms with Crippen molar-refractivity contribution >= 4 is 34.7 Å². The highest BCUT2D eigenvalue weighted by Gasteiger charge is 2.17. The summed E-state index contributed by atoms with van der Waals surface area (Å²) in [5.41, 5.74) is 1.20. The normalized spacial score (nSPS) is 10.8. The number of aromatic nitrogens is 4. The van der Waals surface area contributed by atoms with Crippen LogP contribution in [0.25, 0.3) is 11.1 Å². The lowest BCUT2D eigenvalue weighted by Crippen LogP contribution is -2.08. The molecule has 0 aliphatic carbocycles. The van der Waals surface area contributed by atoms with Crippen LogP contribution in [-0.2, 0) is 11.8 Å².